The van der Waals surface area contributed by atoms with Crippen molar-refractivity contribution in [2.75, 3.05) is 40.5 Å². The minimum Gasteiger partial charge on any atom is -0.497 e. The molecule has 0 aliphatic carbocycles. The highest BCUT2D eigenvalue weighted by molar-refractivity contribution is 5.79. The number of methoxy groups -OCH3 is 1. The molecule has 1 heterocycles. The second kappa shape index (κ2) is 8.20. The number of benzene rings is 1. The van der Waals surface area contributed by atoms with E-state index in [1.807, 2.05) is 19.2 Å². The van der Waals surface area contributed by atoms with Crippen molar-refractivity contribution in [1.82, 2.24) is 10.6 Å². The van der Waals surface area contributed by atoms with Crippen molar-refractivity contribution in [3.8, 4) is 5.75 Å². The molecule has 0 spiro atoms. The van der Waals surface area contributed by atoms with Crippen molar-refractivity contribution >= 4 is 5.96 Å². The minimum absolute atomic E-state index is 0.244. The van der Waals surface area contributed by atoms with E-state index < -0.39 is 0 Å². The SMILES string of the molecule is CN=C(NCCC(C)c1ccc(OC)cc1)NCC1(C)COC1. The molecule has 1 atom stereocenters. The highest BCUT2D eigenvalue weighted by Gasteiger charge is 2.33. The highest BCUT2D eigenvalue weighted by Crippen LogP contribution is 2.25. The number of hydrogen-bond donors (Lipinski definition) is 2. The molecule has 1 fully saturated rings. The molecule has 1 aromatic rings. The van der Waals surface area contributed by atoms with Gasteiger partial charge in [0.05, 0.1) is 20.3 Å². The van der Waals surface area contributed by atoms with Gasteiger partial charge < -0.3 is 20.1 Å². The Balaban J connectivity index is 1.71. The van der Waals surface area contributed by atoms with Crippen molar-refractivity contribution in [3.05, 3.63) is 29.8 Å². The van der Waals surface area contributed by atoms with E-state index in [4.69, 9.17) is 9.47 Å². The van der Waals surface area contributed by atoms with E-state index in [1.165, 1.54) is 5.56 Å². The van der Waals surface area contributed by atoms with Crippen LogP contribution in [-0.4, -0.2) is 46.4 Å². The summed E-state index contributed by atoms with van der Waals surface area (Å²) in [5.74, 6) is 2.25. The Labute approximate surface area is 139 Å². The van der Waals surface area contributed by atoms with Gasteiger partial charge in [0.15, 0.2) is 5.96 Å². The molecule has 0 saturated carbocycles. The van der Waals surface area contributed by atoms with E-state index in [0.29, 0.717) is 5.92 Å². The van der Waals surface area contributed by atoms with E-state index in [1.54, 1.807) is 7.11 Å². The molecule has 1 aliphatic heterocycles. The van der Waals surface area contributed by atoms with Crippen molar-refractivity contribution in [1.29, 1.82) is 0 Å². The van der Waals surface area contributed by atoms with Gasteiger partial charge in [0.25, 0.3) is 0 Å². The van der Waals surface area contributed by atoms with E-state index in [0.717, 1.165) is 44.4 Å². The first kappa shape index (κ1) is 17.6. The second-order valence-electron chi connectivity index (χ2n) is 6.62. The number of hydrogen-bond acceptors (Lipinski definition) is 3. The Morgan fingerprint density at radius 3 is 2.52 bits per heavy atom. The molecule has 1 unspecified atom stereocenters. The van der Waals surface area contributed by atoms with E-state index in [-0.39, 0.29) is 5.41 Å². The van der Waals surface area contributed by atoms with Crippen LogP contribution in [-0.2, 0) is 4.74 Å². The summed E-state index contributed by atoms with van der Waals surface area (Å²) in [5, 5.41) is 6.77. The molecule has 128 valence electrons. The van der Waals surface area contributed by atoms with Crippen LogP contribution in [0.5, 0.6) is 5.75 Å². The number of nitrogens with one attached hydrogen (secondary N) is 2. The van der Waals surface area contributed by atoms with E-state index in [9.17, 15) is 0 Å². The summed E-state index contributed by atoms with van der Waals surface area (Å²) in [4.78, 5) is 4.28. The van der Waals surface area contributed by atoms with Crippen LogP contribution in [0.15, 0.2) is 29.3 Å². The quantitative estimate of drug-likeness (QED) is 0.598. The lowest BCUT2D eigenvalue weighted by Crippen LogP contribution is -2.51. The van der Waals surface area contributed by atoms with Gasteiger partial charge >= 0.3 is 0 Å². The van der Waals surface area contributed by atoms with Crippen LogP contribution >= 0.6 is 0 Å². The first-order valence-electron chi connectivity index (χ1n) is 8.22. The summed E-state index contributed by atoms with van der Waals surface area (Å²) in [7, 11) is 3.50. The summed E-state index contributed by atoms with van der Waals surface area (Å²) in [6.45, 7) is 7.90. The Hall–Kier alpha value is -1.75. The maximum Gasteiger partial charge on any atom is 0.190 e. The van der Waals surface area contributed by atoms with Crippen LogP contribution in [0.1, 0.15) is 31.7 Å². The molecule has 1 aliphatic rings. The fourth-order valence-electron chi connectivity index (χ4n) is 2.58. The van der Waals surface area contributed by atoms with Gasteiger partial charge in [-0.15, -0.1) is 0 Å². The van der Waals surface area contributed by atoms with Crippen molar-refractivity contribution in [2.45, 2.75) is 26.2 Å². The van der Waals surface area contributed by atoms with Gasteiger partial charge in [-0.3, -0.25) is 4.99 Å². The lowest BCUT2D eigenvalue weighted by atomic mass is 9.89. The van der Waals surface area contributed by atoms with Crippen LogP contribution in [0.2, 0.25) is 0 Å². The molecule has 0 radical (unpaired) electrons. The number of guanidine groups is 1. The third kappa shape index (κ3) is 5.13. The Bertz CT molecular complexity index is 510. The zero-order chi connectivity index (χ0) is 16.7. The van der Waals surface area contributed by atoms with E-state index >= 15 is 0 Å². The van der Waals surface area contributed by atoms with Crippen molar-refractivity contribution in [3.63, 3.8) is 0 Å². The molecule has 2 N–H and O–H groups in total. The smallest absolute Gasteiger partial charge is 0.190 e. The molecular weight excluding hydrogens is 290 g/mol. The zero-order valence-corrected chi connectivity index (χ0v) is 14.7. The third-order valence-corrected chi connectivity index (χ3v) is 4.36. The van der Waals surface area contributed by atoms with Crippen LogP contribution in [0.3, 0.4) is 0 Å². The summed E-state index contributed by atoms with van der Waals surface area (Å²) in [5.41, 5.74) is 1.57. The standard InChI is InChI=1S/C18H29N3O2/c1-14(15-5-7-16(22-4)8-6-15)9-10-20-17(19-3)21-11-18(2)12-23-13-18/h5-8,14H,9-13H2,1-4H3,(H2,19,20,21). The molecule has 0 bridgehead atoms. The monoisotopic (exact) mass is 319 g/mol. The molecule has 5 nitrogen and oxygen atoms in total. The molecule has 0 amide bonds. The summed E-state index contributed by atoms with van der Waals surface area (Å²) in [6, 6.07) is 8.30. The van der Waals surface area contributed by atoms with Crippen molar-refractivity contribution in [2.24, 2.45) is 10.4 Å². The molecule has 0 aromatic heterocycles. The van der Waals surface area contributed by atoms with Gasteiger partial charge in [0.2, 0.25) is 0 Å². The number of rotatable bonds is 7. The third-order valence-electron chi connectivity index (χ3n) is 4.36. The predicted molar refractivity (Wildman–Crippen MR) is 94.3 cm³/mol. The largest absolute Gasteiger partial charge is 0.497 e. The summed E-state index contributed by atoms with van der Waals surface area (Å²) in [6.07, 6.45) is 1.05. The topological polar surface area (TPSA) is 54.9 Å². The van der Waals surface area contributed by atoms with Crippen molar-refractivity contribution < 1.29 is 9.47 Å². The Morgan fingerprint density at radius 1 is 1.30 bits per heavy atom. The van der Waals surface area contributed by atoms with Gasteiger partial charge in [-0.1, -0.05) is 26.0 Å². The number of nitrogens with zero attached hydrogens (tertiary/aromatic N) is 1. The fraction of sp³-hybridized carbons (Fsp3) is 0.611. The zero-order valence-electron chi connectivity index (χ0n) is 14.7. The maximum absolute atomic E-state index is 5.27. The minimum atomic E-state index is 0.244. The maximum atomic E-state index is 5.27. The average Bonchev–Trinajstić information content (AvgIpc) is 2.56. The number of ether oxygens (including phenoxy) is 2. The molecular formula is C18H29N3O2. The van der Waals surface area contributed by atoms with Crippen LogP contribution < -0.4 is 15.4 Å². The van der Waals surface area contributed by atoms with Gasteiger partial charge in [0.1, 0.15) is 5.75 Å². The Kier molecular flexibility index (Phi) is 6.28. The van der Waals surface area contributed by atoms with Crippen LogP contribution in [0, 0.1) is 5.41 Å². The Morgan fingerprint density at radius 2 is 2.00 bits per heavy atom. The summed E-state index contributed by atoms with van der Waals surface area (Å²) < 4.78 is 10.5. The second-order valence-corrected chi connectivity index (χ2v) is 6.62. The average molecular weight is 319 g/mol. The molecule has 23 heavy (non-hydrogen) atoms. The summed E-state index contributed by atoms with van der Waals surface area (Å²) >= 11 is 0. The highest BCUT2D eigenvalue weighted by atomic mass is 16.5. The van der Waals surface area contributed by atoms with Crippen LogP contribution in [0.25, 0.3) is 0 Å². The van der Waals surface area contributed by atoms with E-state index in [2.05, 4.69) is 41.6 Å². The fourth-order valence-corrected chi connectivity index (χ4v) is 2.58. The molecule has 2 rings (SSSR count). The first-order chi connectivity index (χ1) is 11.1. The first-order valence-corrected chi connectivity index (χ1v) is 8.22. The predicted octanol–water partition coefficient (Wildman–Crippen LogP) is 2.39. The normalized spacial score (nSPS) is 18.0. The lowest BCUT2D eigenvalue weighted by molar-refractivity contribution is -0.0971. The molecule has 1 aromatic carbocycles. The van der Waals surface area contributed by atoms with Gasteiger partial charge in [0, 0.05) is 25.6 Å². The number of aliphatic imine (C=N–C) groups is 1. The lowest BCUT2D eigenvalue weighted by Gasteiger charge is -2.38. The van der Waals surface area contributed by atoms with Gasteiger partial charge in [-0.05, 0) is 30.0 Å². The molecule has 1 saturated heterocycles. The van der Waals surface area contributed by atoms with Gasteiger partial charge in [-0.25, -0.2) is 0 Å². The van der Waals surface area contributed by atoms with Crippen LogP contribution in [0.4, 0.5) is 0 Å². The molecule has 5 heteroatoms. The van der Waals surface area contributed by atoms with Gasteiger partial charge in [-0.2, -0.15) is 0 Å².